The third-order valence-corrected chi connectivity index (χ3v) is 3.12. The molecule has 0 spiro atoms. The molecule has 90 valence electrons. The summed E-state index contributed by atoms with van der Waals surface area (Å²) in [4.78, 5) is 2.70. The van der Waals surface area contributed by atoms with Gasteiger partial charge in [0.1, 0.15) is 0 Å². The number of nitrogens with zero attached hydrogens (tertiary/aromatic N) is 1. The fourth-order valence-corrected chi connectivity index (χ4v) is 2.12. The van der Waals surface area contributed by atoms with Gasteiger partial charge < -0.3 is 10.2 Å². The van der Waals surface area contributed by atoms with Crippen molar-refractivity contribution in [1.29, 1.82) is 0 Å². The van der Waals surface area contributed by atoms with E-state index in [-0.39, 0.29) is 0 Å². The number of hydrogen-bond donors (Lipinski definition) is 1. The largest absolute Gasteiger partial charge is 0.317 e. The first-order chi connectivity index (χ1) is 7.38. The molecule has 1 rings (SSSR count). The maximum atomic E-state index is 3.38. The summed E-state index contributed by atoms with van der Waals surface area (Å²) in [7, 11) is 0. The molecule has 2 heteroatoms. The number of rotatable bonds is 10. The zero-order chi connectivity index (χ0) is 10.9. The molecular weight excluding hydrogens is 184 g/mol. The Labute approximate surface area is 95.4 Å². The van der Waals surface area contributed by atoms with Crippen molar-refractivity contribution in [2.45, 2.75) is 58.4 Å². The molecule has 0 radical (unpaired) electrons. The first kappa shape index (κ1) is 13.0. The maximum Gasteiger partial charge on any atom is 0.00964 e. The van der Waals surface area contributed by atoms with Crippen LogP contribution < -0.4 is 5.32 Å². The summed E-state index contributed by atoms with van der Waals surface area (Å²) in [5.74, 6) is 0. The van der Waals surface area contributed by atoms with Gasteiger partial charge in [-0.1, -0.05) is 20.3 Å². The van der Waals surface area contributed by atoms with Gasteiger partial charge in [0.05, 0.1) is 0 Å². The van der Waals surface area contributed by atoms with E-state index in [1.54, 1.807) is 0 Å². The summed E-state index contributed by atoms with van der Waals surface area (Å²) >= 11 is 0. The summed E-state index contributed by atoms with van der Waals surface area (Å²) in [6.07, 6.45) is 8.35. The van der Waals surface area contributed by atoms with E-state index in [0.29, 0.717) is 0 Å². The SMILES string of the molecule is CCCN(CCCCCNCC)C1CC1. The standard InChI is InChI=1S/C13H28N2/c1-3-11-15(13-8-9-13)12-7-5-6-10-14-4-2/h13-14H,3-12H2,1-2H3. The second-order valence-electron chi connectivity index (χ2n) is 4.68. The summed E-state index contributed by atoms with van der Waals surface area (Å²) in [6.45, 7) is 9.44. The Balaban J connectivity index is 1.92. The molecule has 0 amide bonds. The highest BCUT2D eigenvalue weighted by Crippen LogP contribution is 2.27. The maximum absolute atomic E-state index is 3.38. The smallest absolute Gasteiger partial charge is 0.00964 e. The van der Waals surface area contributed by atoms with Crippen LogP contribution in [0.5, 0.6) is 0 Å². The first-order valence-corrected chi connectivity index (χ1v) is 6.83. The number of unbranched alkanes of at least 4 members (excludes halogenated alkanes) is 2. The van der Waals surface area contributed by atoms with Crippen LogP contribution in [0.1, 0.15) is 52.4 Å². The lowest BCUT2D eigenvalue weighted by atomic mass is 10.2. The highest BCUT2D eigenvalue weighted by atomic mass is 15.2. The average molecular weight is 212 g/mol. The van der Waals surface area contributed by atoms with Gasteiger partial charge in [-0.05, 0) is 58.3 Å². The molecule has 1 aliphatic rings. The van der Waals surface area contributed by atoms with Gasteiger partial charge >= 0.3 is 0 Å². The number of hydrogen-bond acceptors (Lipinski definition) is 2. The van der Waals surface area contributed by atoms with Gasteiger partial charge in [0.2, 0.25) is 0 Å². The van der Waals surface area contributed by atoms with E-state index < -0.39 is 0 Å². The molecule has 2 nitrogen and oxygen atoms in total. The van der Waals surface area contributed by atoms with Crippen molar-refractivity contribution in [1.82, 2.24) is 10.2 Å². The van der Waals surface area contributed by atoms with Gasteiger partial charge in [-0.15, -0.1) is 0 Å². The molecule has 0 bridgehead atoms. The Hall–Kier alpha value is -0.0800. The minimum Gasteiger partial charge on any atom is -0.317 e. The fourth-order valence-electron chi connectivity index (χ4n) is 2.12. The zero-order valence-electron chi connectivity index (χ0n) is 10.6. The monoisotopic (exact) mass is 212 g/mol. The molecule has 0 atom stereocenters. The summed E-state index contributed by atoms with van der Waals surface area (Å²) < 4.78 is 0. The predicted octanol–water partition coefficient (Wildman–Crippen LogP) is 2.64. The molecule has 0 unspecified atom stereocenters. The highest BCUT2D eigenvalue weighted by Gasteiger charge is 2.27. The molecular formula is C13H28N2. The van der Waals surface area contributed by atoms with Crippen LogP contribution in [-0.2, 0) is 0 Å². The highest BCUT2D eigenvalue weighted by molar-refractivity contribution is 4.84. The Kier molecular flexibility index (Phi) is 7.03. The Morgan fingerprint density at radius 2 is 1.87 bits per heavy atom. The lowest BCUT2D eigenvalue weighted by Crippen LogP contribution is -2.28. The molecule has 0 heterocycles. The lowest BCUT2D eigenvalue weighted by molar-refractivity contribution is 0.257. The van der Waals surface area contributed by atoms with Crippen LogP contribution in [0, 0.1) is 0 Å². The Morgan fingerprint density at radius 3 is 2.47 bits per heavy atom. The first-order valence-electron chi connectivity index (χ1n) is 6.83. The Morgan fingerprint density at radius 1 is 1.07 bits per heavy atom. The molecule has 0 aromatic heterocycles. The number of nitrogens with one attached hydrogen (secondary N) is 1. The topological polar surface area (TPSA) is 15.3 Å². The quantitative estimate of drug-likeness (QED) is 0.560. The van der Waals surface area contributed by atoms with Gasteiger partial charge in [-0.2, -0.15) is 0 Å². The van der Waals surface area contributed by atoms with Crippen molar-refractivity contribution in [3.05, 3.63) is 0 Å². The van der Waals surface area contributed by atoms with E-state index in [4.69, 9.17) is 0 Å². The molecule has 1 N–H and O–H groups in total. The molecule has 1 aliphatic carbocycles. The van der Waals surface area contributed by atoms with Crippen LogP contribution in [0.25, 0.3) is 0 Å². The van der Waals surface area contributed by atoms with Crippen molar-refractivity contribution >= 4 is 0 Å². The predicted molar refractivity (Wildman–Crippen MR) is 67.3 cm³/mol. The average Bonchev–Trinajstić information content (AvgIpc) is 3.05. The minimum atomic E-state index is 0.957. The van der Waals surface area contributed by atoms with E-state index >= 15 is 0 Å². The lowest BCUT2D eigenvalue weighted by Gasteiger charge is -2.20. The van der Waals surface area contributed by atoms with E-state index in [2.05, 4.69) is 24.1 Å². The summed E-state index contributed by atoms with van der Waals surface area (Å²) in [5.41, 5.74) is 0. The molecule has 1 fully saturated rings. The van der Waals surface area contributed by atoms with Gasteiger partial charge in [-0.25, -0.2) is 0 Å². The van der Waals surface area contributed by atoms with E-state index in [0.717, 1.165) is 12.6 Å². The molecule has 0 aliphatic heterocycles. The Bertz CT molecular complexity index is 143. The molecule has 1 saturated carbocycles. The van der Waals surface area contributed by atoms with Crippen LogP contribution in [0.15, 0.2) is 0 Å². The second-order valence-corrected chi connectivity index (χ2v) is 4.68. The van der Waals surface area contributed by atoms with Crippen molar-refractivity contribution in [3.8, 4) is 0 Å². The van der Waals surface area contributed by atoms with E-state index in [9.17, 15) is 0 Å². The minimum absolute atomic E-state index is 0.957. The van der Waals surface area contributed by atoms with Gasteiger partial charge in [-0.3, -0.25) is 0 Å². The molecule has 15 heavy (non-hydrogen) atoms. The van der Waals surface area contributed by atoms with Crippen LogP contribution >= 0.6 is 0 Å². The van der Waals surface area contributed by atoms with Crippen LogP contribution in [-0.4, -0.2) is 37.1 Å². The van der Waals surface area contributed by atoms with Crippen molar-refractivity contribution in [3.63, 3.8) is 0 Å². The molecule has 0 saturated heterocycles. The molecule has 0 aromatic rings. The third-order valence-electron chi connectivity index (χ3n) is 3.12. The zero-order valence-corrected chi connectivity index (χ0v) is 10.6. The van der Waals surface area contributed by atoms with Gasteiger partial charge in [0, 0.05) is 6.04 Å². The van der Waals surface area contributed by atoms with Crippen LogP contribution in [0.3, 0.4) is 0 Å². The molecule has 0 aromatic carbocycles. The van der Waals surface area contributed by atoms with E-state index in [1.807, 2.05) is 0 Å². The fraction of sp³-hybridized carbons (Fsp3) is 1.00. The van der Waals surface area contributed by atoms with Crippen molar-refractivity contribution < 1.29 is 0 Å². The van der Waals surface area contributed by atoms with Crippen molar-refractivity contribution in [2.75, 3.05) is 26.2 Å². The normalized spacial score (nSPS) is 16.2. The van der Waals surface area contributed by atoms with E-state index in [1.165, 1.54) is 58.2 Å². The summed E-state index contributed by atoms with van der Waals surface area (Å²) in [6, 6.07) is 0.957. The van der Waals surface area contributed by atoms with Gasteiger partial charge in [0.25, 0.3) is 0 Å². The third kappa shape index (κ3) is 6.16. The van der Waals surface area contributed by atoms with Crippen molar-refractivity contribution in [2.24, 2.45) is 0 Å². The van der Waals surface area contributed by atoms with Crippen LogP contribution in [0.2, 0.25) is 0 Å². The van der Waals surface area contributed by atoms with Crippen LogP contribution in [0.4, 0.5) is 0 Å². The van der Waals surface area contributed by atoms with Gasteiger partial charge in [0.15, 0.2) is 0 Å². The summed E-state index contributed by atoms with van der Waals surface area (Å²) in [5, 5.41) is 3.38. The second kappa shape index (κ2) is 8.12.